The SMILES string of the molecule is C[C@@H](O)CNC(C)(C)CC(=O)N[C@@H]1CCc2cc(F)ccc2N(Cc2ccc(-c3ccccc3NC(=O)NCCO)cc2)C1=O. The van der Waals surface area contributed by atoms with Gasteiger partial charge >= 0.3 is 6.03 Å². The van der Waals surface area contributed by atoms with Crippen molar-refractivity contribution in [1.29, 1.82) is 0 Å². The van der Waals surface area contributed by atoms with Crippen molar-refractivity contribution in [2.75, 3.05) is 29.9 Å². The number of nitrogens with zero attached hydrogens (tertiary/aromatic N) is 1. The van der Waals surface area contributed by atoms with Crippen molar-refractivity contribution < 1.29 is 29.0 Å². The van der Waals surface area contributed by atoms with E-state index in [1.54, 1.807) is 24.0 Å². The van der Waals surface area contributed by atoms with E-state index in [9.17, 15) is 23.9 Å². The van der Waals surface area contributed by atoms with Crippen LogP contribution in [0.25, 0.3) is 11.1 Å². The smallest absolute Gasteiger partial charge is 0.319 e. The second-order valence-corrected chi connectivity index (χ2v) is 12.0. The molecule has 0 saturated carbocycles. The largest absolute Gasteiger partial charge is 0.395 e. The zero-order chi connectivity index (χ0) is 32.6. The van der Waals surface area contributed by atoms with Gasteiger partial charge in [-0.05, 0) is 74.6 Å². The monoisotopic (exact) mass is 619 g/mol. The van der Waals surface area contributed by atoms with Gasteiger partial charge in [-0.2, -0.15) is 0 Å². The van der Waals surface area contributed by atoms with E-state index in [1.165, 1.54) is 12.1 Å². The molecule has 1 heterocycles. The van der Waals surface area contributed by atoms with Crippen molar-refractivity contribution >= 4 is 29.2 Å². The number of nitrogens with one attached hydrogen (secondary N) is 4. The van der Waals surface area contributed by atoms with Crippen LogP contribution in [0, 0.1) is 5.82 Å². The highest BCUT2D eigenvalue weighted by molar-refractivity contribution is 6.00. The number of benzene rings is 3. The van der Waals surface area contributed by atoms with Gasteiger partial charge in [0.15, 0.2) is 0 Å². The summed E-state index contributed by atoms with van der Waals surface area (Å²) in [6, 6.07) is 18.1. The lowest BCUT2D eigenvalue weighted by atomic mass is 9.99. The van der Waals surface area contributed by atoms with Crippen LogP contribution in [0.5, 0.6) is 0 Å². The van der Waals surface area contributed by atoms with Crippen molar-refractivity contribution in [3.8, 4) is 11.1 Å². The van der Waals surface area contributed by atoms with Crippen LogP contribution in [0.3, 0.4) is 0 Å². The molecule has 1 aliphatic heterocycles. The molecule has 0 unspecified atom stereocenters. The van der Waals surface area contributed by atoms with Crippen LogP contribution in [-0.2, 0) is 22.6 Å². The summed E-state index contributed by atoms with van der Waals surface area (Å²) in [7, 11) is 0. The Kier molecular flexibility index (Phi) is 11.3. The van der Waals surface area contributed by atoms with Crippen LogP contribution in [0.1, 0.15) is 44.7 Å². The molecule has 0 fully saturated rings. The topological polar surface area (TPSA) is 143 Å². The molecule has 4 amide bonds. The zero-order valence-electron chi connectivity index (χ0n) is 25.9. The van der Waals surface area contributed by atoms with Crippen molar-refractivity contribution in [3.05, 3.63) is 83.7 Å². The number of halogens is 1. The van der Waals surface area contributed by atoms with Crippen LogP contribution in [0.15, 0.2) is 66.7 Å². The number of aryl methyl sites for hydroxylation is 1. The third kappa shape index (κ3) is 9.34. The number of hydrogen-bond donors (Lipinski definition) is 6. The number of anilines is 2. The molecule has 0 saturated heterocycles. The molecule has 11 heteroatoms. The fourth-order valence-corrected chi connectivity index (χ4v) is 5.33. The highest BCUT2D eigenvalue weighted by Gasteiger charge is 2.33. The highest BCUT2D eigenvalue weighted by atomic mass is 19.1. The summed E-state index contributed by atoms with van der Waals surface area (Å²) < 4.78 is 14.2. The van der Waals surface area contributed by atoms with E-state index in [0.717, 1.165) is 16.7 Å². The van der Waals surface area contributed by atoms with E-state index in [0.29, 0.717) is 36.3 Å². The van der Waals surface area contributed by atoms with Crippen molar-refractivity contribution in [2.45, 2.75) is 64.3 Å². The molecule has 4 rings (SSSR count). The van der Waals surface area contributed by atoms with Gasteiger partial charge < -0.3 is 36.4 Å². The lowest BCUT2D eigenvalue weighted by molar-refractivity contribution is -0.128. The van der Waals surface area contributed by atoms with Crippen LogP contribution >= 0.6 is 0 Å². The molecule has 0 bridgehead atoms. The minimum atomic E-state index is -0.797. The fraction of sp³-hybridized carbons (Fsp3) is 0.382. The minimum absolute atomic E-state index is 0.103. The maximum Gasteiger partial charge on any atom is 0.319 e. The van der Waals surface area contributed by atoms with Gasteiger partial charge in [-0.25, -0.2) is 9.18 Å². The number of para-hydroxylation sites is 1. The fourth-order valence-electron chi connectivity index (χ4n) is 5.33. The molecule has 0 spiro atoms. The maximum absolute atomic E-state index is 14.2. The number of aliphatic hydroxyl groups is 2. The van der Waals surface area contributed by atoms with Crippen molar-refractivity contribution in [1.82, 2.24) is 16.0 Å². The number of aliphatic hydroxyl groups excluding tert-OH is 2. The van der Waals surface area contributed by atoms with Gasteiger partial charge in [-0.15, -0.1) is 0 Å². The number of rotatable bonds is 12. The van der Waals surface area contributed by atoms with Crippen LogP contribution in [-0.4, -0.2) is 65.4 Å². The summed E-state index contributed by atoms with van der Waals surface area (Å²) in [6.07, 6.45) is 0.283. The minimum Gasteiger partial charge on any atom is -0.395 e. The standard InChI is InChI=1S/C34H42FN5O5/c1-22(42)20-37-34(2,3)19-31(43)38-29-14-12-25-18-26(35)13-15-30(25)40(32(29)44)21-23-8-10-24(11-9-23)27-6-4-5-7-28(27)39-33(45)36-16-17-41/h4-11,13,15,18,22,29,37,41-42H,12,14,16-17,19-21H2,1-3H3,(H,38,43)(H2,36,39,45)/t22-,29-/m1/s1. The van der Waals surface area contributed by atoms with Gasteiger partial charge in [0, 0.05) is 36.3 Å². The van der Waals surface area contributed by atoms with E-state index in [1.807, 2.05) is 56.3 Å². The molecule has 2 atom stereocenters. The first kappa shape index (κ1) is 33.6. The number of carbonyl (C=O) groups excluding carboxylic acids is 3. The summed E-state index contributed by atoms with van der Waals surface area (Å²) in [5.74, 6) is -0.970. The van der Waals surface area contributed by atoms with Gasteiger partial charge in [0.1, 0.15) is 11.9 Å². The second kappa shape index (κ2) is 15.1. The van der Waals surface area contributed by atoms with Crippen LogP contribution in [0.2, 0.25) is 0 Å². The number of β-amino-alcohol motifs (C(OH)–C–C–N with tert-alkyl or cyclic N) is 1. The third-order valence-corrected chi connectivity index (χ3v) is 7.59. The normalized spacial score (nSPS) is 15.6. The predicted molar refractivity (Wildman–Crippen MR) is 172 cm³/mol. The highest BCUT2D eigenvalue weighted by Crippen LogP contribution is 2.31. The number of urea groups is 1. The summed E-state index contributed by atoms with van der Waals surface area (Å²) in [5, 5.41) is 30.0. The lowest BCUT2D eigenvalue weighted by Crippen LogP contribution is -2.51. The average Bonchev–Trinajstić information content (AvgIpc) is 3.11. The lowest BCUT2D eigenvalue weighted by Gasteiger charge is -2.29. The Morgan fingerprint density at radius 3 is 2.53 bits per heavy atom. The summed E-state index contributed by atoms with van der Waals surface area (Å²) in [6.45, 7) is 5.89. The molecule has 0 radical (unpaired) electrons. The van der Waals surface area contributed by atoms with Crippen LogP contribution in [0.4, 0.5) is 20.6 Å². The van der Waals surface area contributed by atoms with Gasteiger partial charge in [-0.3, -0.25) is 9.59 Å². The van der Waals surface area contributed by atoms with Gasteiger partial charge in [0.2, 0.25) is 11.8 Å². The van der Waals surface area contributed by atoms with E-state index >= 15 is 0 Å². The van der Waals surface area contributed by atoms with Crippen molar-refractivity contribution in [2.24, 2.45) is 0 Å². The molecule has 1 aliphatic rings. The summed E-state index contributed by atoms with van der Waals surface area (Å²) in [4.78, 5) is 40.8. The number of amides is 4. The first-order valence-corrected chi connectivity index (χ1v) is 15.1. The molecular formula is C34H42FN5O5. The Morgan fingerprint density at radius 2 is 1.82 bits per heavy atom. The Bertz CT molecular complexity index is 1490. The Morgan fingerprint density at radius 1 is 1.09 bits per heavy atom. The first-order chi connectivity index (χ1) is 21.5. The van der Waals surface area contributed by atoms with E-state index in [4.69, 9.17) is 5.11 Å². The number of carbonyl (C=O) groups is 3. The Balaban J connectivity index is 1.53. The molecule has 3 aromatic carbocycles. The Hall–Kier alpha value is -4.32. The summed E-state index contributed by atoms with van der Waals surface area (Å²) >= 11 is 0. The van der Waals surface area contributed by atoms with Crippen molar-refractivity contribution in [3.63, 3.8) is 0 Å². The third-order valence-electron chi connectivity index (χ3n) is 7.59. The summed E-state index contributed by atoms with van der Waals surface area (Å²) in [5.41, 5.74) is 3.76. The van der Waals surface area contributed by atoms with Gasteiger partial charge in [0.05, 0.1) is 24.9 Å². The van der Waals surface area contributed by atoms with E-state index < -0.39 is 29.5 Å². The zero-order valence-corrected chi connectivity index (χ0v) is 25.9. The molecule has 0 aliphatic carbocycles. The van der Waals surface area contributed by atoms with Gasteiger partial charge in [-0.1, -0.05) is 42.5 Å². The number of hydrogen-bond acceptors (Lipinski definition) is 6. The first-order valence-electron chi connectivity index (χ1n) is 15.1. The molecule has 240 valence electrons. The molecule has 45 heavy (non-hydrogen) atoms. The molecule has 0 aromatic heterocycles. The molecule has 10 nitrogen and oxygen atoms in total. The van der Waals surface area contributed by atoms with E-state index in [2.05, 4.69) is 21.3 Å². The molecule has 6 N–H and O–H groups in total. The molecular weight excluding hydrogens is 577 g/mol. The average molecular weight is 620 g/mol. The maximum atomic E-state index is 14.2. The predicted octanol–water partition coefficient (Wildman–Crippen LogP) is 3.71. The molecule has 3 aromatic rings. The quantitative estimate of drug-likeness (QED) is 0.183. The number of fused-ring (bicyclic) bond motifs is 1. The van der Waals surface area contributed by atoms with E-state index in [-0.39, 0.29) is 37.9 Å². The van der Waals surface area contributed by atoms with Crippen LogP contribution < -0.4 is 26.2 Å². The van der Waals surface area contributed by atoms with Gasteiger partial charge in [0.25, 0.3) is 0 Å². The Labute approximate surface area is 263 Å². The second-order valence-electron chi connectivity index (χ2n) is 12.0.